The average molecular weight is 292 g/mol. The van der Waals surface area contributed by atoms with Crippen LogP contribution in [0.25, 0.3) is 0 Å². The van der Waals surface area contributed by atoms with Crippen LogP contribution in [0, 0.1) is 6.92 Å². The maximum absolute atomic E-state index is 5.71. The van der Waals surface area contributed by atoms with Crippen molar-refractivity contribution in [1.29, 1.82) is 0 Å². The third-order valence-electron chi connectivity index (χ3n) is 2.76. The van der Waals surface area contributed by atoms with Crippen molar-refractivity contribution in [3.05, 3.63) is 45.9 Å². The highest BCUT2D eigenvalue weighted by Crippen LogP contribution is 2.16. The maximum Gasteiger partial charge on any atom is 0.140 e. The Hall–Kier alpha value is -1.43. The van der Waals surface area contributed by atoms with Crippen LogP contribution >= 0.6 is 11.3 Å². The van der Waals surface area contributed by atoms with Crippen LogP contribution in [0.4, 0.5) is 0 Å². The first-order valence-electron chi connectivity index (χ1n) is 6.60. The Morgan fingerprint density at radius 3 is 2.70 bits per heavy atom. The van der Waals surface area contributed by atoms with E-state index >= 15 is 0 Å². The van der Waals surface area contributed by atoms with Gasteiger partial charge in [-0.2, -0.15) is 0 Å². The van der Waals surface area contributed by atoms with Crippen molar-refractivity contribution < 1.29 is 9.47 Å². The smallest absolute Gasteiger partial charge is 0.140 e. The molecule has 0 aliphatic rings. The molecule has 20 heavy (non-hydrogen) atoms. The van der Waals surface area contributed by atoms with Crippen LogP contribution in [0.5, 0.6) is 5.75 Å². The summed E-state index contributed by atoms with van der Waals surface area (Å²) in [6.07, 6.45) is 0. The lowest BCUT2D eigenvalue weighted by Gasteiger charge is -2.07. The Kier molecular flexibility index (Phi) is 5.98. The SMILES string of the molecule is COCCNCc1ccc(OCc2nc(C)cs2)cc1. The van der Waals surface area contributed by atoms with Crippen LogP contribution in [0.2, 0.25) is 0 Å². The van der Waals surface area contributed by atoms with Gasteiger partial charge in [0.15, 0.2) is 0 Å². The predicted octanol–water partition coefficient (Wildman–Crippen LogP) is 2.77. The van der Waals surface area contributed by atoms with Crippen LogP contribution in [0.15, 0.2) is 29.6 Å². The van der Waals surface area contributed by atoms with Gasteiger partial charge in [-0.1, -0.05) is 12.1 Å². The molecule has 0 radical (unpaired) electrons. The van der Waals surface area contributed by atoms with Crippen molar-refractivity contribution in [1.82, 2.24) is 10.3 Å². The molecule has 1 aromatic heterocycles. The molecule has 4 nitrogen and oxygen atoms in total. The molecule has 1 heterocycles. The summed E-state index contributed by atoms with van der Waals surface area (Å²) >= 11 is 1.63. The second-order valence-electron chi connectivity index (χ2n) is 4.48. The minimum Gasteiger partial charge on any atom is -0.486 e. The molecular weight excluding hydrogens is 272 g/mol. The molecule has 5 heteroatoms. The van der Waals surface area contributed by atoms with Gasteiger partial charge in [-0.15, -0.1) is 11.3 Å². The summed E-state index contributed by atoms with van der Waals surface area (Å²) in [7, 11) is 1.71. The summed E-state index contributed by atoms with van der Waals surface area (Å²) in [6.45, 7) is 4.96. The number of methoxy groups -OCH3 is 1. The molecule has 0 unspecified atom stereocenters. The molecule has 0 amide bonds. The topological polar surface area (TPSA) is 43.4 Å². The van der Waals surface area contributed by atoms with E-state index < -0.39 is 0 Å². The van der Waals surface area contributed by atoms with Crippen molar-refractivity contribution in [3.8, 4) is 5.75 Å². The number of ether oxygens (including phenoxy) is 2. The highest BCUT2D eigenvalue weighted by atomic mass is 32.1. The number of nitrogens with one attached hydrogen (secondary N) is 1. The quantitative estimate of drug-likeness (QED) is 0.760. The van der Waals surface area contributed by atoms with Crippen LogP contribution < -0.4 is 10.1 Å². The molecule has 1 aromatic carbocycles. The zero-order valence-electron chi connectivity index (χ0n) is 11.9. The number of hydrogen-bond donors (Lipinski definition) is 1. The zero-order chi connectivity index (χ0) is 14.2. The maximum atomic E-state index is 5.71. The number of aryl methyl sites for hydroxylation is 1. The number of nitrogens with zero attached hydrogens (tertiary/aromatic N) is 1. The van der Waals surface area contributed by atoms with Gasteiger partial charge in [-0.25, -0.2) is 4.98 Å². The highest BCUT2D eigenvalue weighted by Gasteiger charge is 2.00. The number of rotatable bonds is 8. The van der Waals surface area contributed by atoms with E-state index in [4.69, 9.17) is 9.47 Å². The van der Waals surface area contributed by atoms with Crippen LogP contribution in [0.3, 0.4) is 0 Å². The second-order valence-corrected chi connectivity index (χ2v) is 5.43. The predicted molar refractivity (Wildman–Crippen MR) is 81.2 cm³/mol. The van der Waals surface area contributed by atoms with Gasteiger partial charge in [0.2, 0.25) is 0 Å². The van der Waals surface area contributed by atoms with Gasteiger partial charge in [0, 0.05) is 31.3 Å². The van der Waals surface area contributed by atoms with E-state index in [-0.39, 0.29) is 0 Å². The summed E-state index contributed by atoms with van der Waals surface area (Å²) in [5.74, 6) is 0.874. The molecule has 2 rings (SSSR count). The molecule has 0 spiro atoms. The number of benzene rings is 1. The summed E-state index contributed by atoms with van der Waals surface area (Å²) in [5.41, 5.74) is 2.28. The largest absolute Gasteiger partial charge is 0.486 e. The van der Waals surface area contributed by atoms with Gasteiger partial charge >= 0.3 is 0 Å². The van der Waals surface area contributed by atoms with Crippen molar-refractivity contribution in [3.63, 3.8) is 0 Å². The molecule has 0 saturated carbocycles. The summed E-state index contributed by atoms with van der Waals surface area (Å²) in [6, 6.07) is 8.13. The van der Waals surface area contributed by atoms with E-state index in [1.807, 2.05) is 24.4 Å². The number of thiazole rings is 1. The van der Waals surface area contributed by atoms with E-state index in [2.05, 4.69) is 22.4 Å². The van der Waals surface area contributed by atoms with E-state index in [9.17, 15) is 0 Å². The Morgan fingerprint density at radius 2 is 2.05 bits per heavy atom. The summed E-state index contributed by atoms with van der Waals surface area (Å²) < 4.78 is 10.7. The van der Waals surface area contributed by atoms with Gasteiger partial charge in [0.05, 0.1) is 6.61 Å². The van der Waals surface area contributed by atoms with E-state index in [1.54, 1.807) is 18.4 Å². The Bertz CT molecular complexity index is 511. The third kappa shape index (κ3) is 4.92. The van der Waals surface area contributed by atoms with Crippen LogP contribution in [0.1, 0.15) is 16.3 Å². The summed E-state index contributed by atoms with van der Waals surface area (Å²) in [5, 5.41) is 6.35. The Morgan fingerprint density at radius 1 is 1.25 bits per heavy atom. The highest BCUT2D eigenvalue weighted by molar-refractivity contribution is 7.09. The first-order chi connectivity index (χ1) is 9.78. The fourth-order valence-corrected chi connectivity index (χ4v) is 2.41. The molecule has 2 aromatic rings. The summed E-state index contributed by atoms with van der Waals surface area (Å²) in [4.78, 5) is 4.37. The average Bonchev–Trinajstić information content (AvgIpc) is 2.88. The molecule has 0 aliphatic carbocycles. The van der Waals surface area contributed by atoms with Crippen molar-refractivity contribution in [2.75, 3.05) is 20.3 Å². The molecule has 0 atom stereocenters. The van der Waals surface area contributed by atoms with E-state index in [0.29, 0.717) is 6.61 Å². The van der Waals surface area contributed by atoms with Gasteiger partial charge in [-0.05, 0) is 24.6 Å². The zero-order valence-corrected chi connectivity index (χ0v) is 12.7. The Balaban J connectivity index is 1.76. The number of aromatic nitrogens is 1. The molecule has 0 saturated heterocycles. The molecule has 1 N–H and O–H groups in total. The third-order valence-corrected chi connectivity index (χ3v) is 3.70. The monoisotopic (exact) mass is 292 g/mol. The lowest BCUT2D eigenvalue weighted by molar-refractivity contribution is 0.199. The minimum atomic E-state index is 0.532. The van der Waals surface area contributed by atoms with Gasteiger partial charge in [-0.3, -0.25) is 0 Å². The fraction of sp³-hybridized carbons (Fsp3) is 0.400. The first-order valence-corrected chi connectivity index (χ1v) is 7.48. The van der Waals surface area contributed by atoms with Crippen LogP contribution in [-0.4, -0.2) is 25.2 Å². The number of hydrogen-bond acceptors (Lipinski definition) is 5. The lowest BCUT2D eigenvalue weighted by Crippen LogP contribution is -2.18. The van der Waals surface area contributed by atoms with E-state index in [1.165, 1.54) is 5.56 Å². The molecule has 0 aliphatic heterocycles. The molecule has 0 bridgehead atoms. The first kappa shape index (κ1) is 15.0. The van der Waals surface area contributed by atoms with E-state index in [0.717, 1.165) is 36.1 Å². The normalized spacial score (nSPS) is 10.7. The van der Waals surface area contributed by atoms with Crippen LogP contribution in [-0.2, 0) is 17.9 Å². The van der Waals surface area contributed by atoms with Gasteiger partial charge in [0.25, 0.3) is 0 Å². The van der Waals surface area contributed by atoms with Crippen molar-refractivity contribution in [2.45, 2.75) is 20.1 Å². The molecule has 0 fully saturated rings. The molecule has 108 valence electrons. The van der Waals surface area contributed by atoms with Crippen molar-refractivity contribution >= 4 is 11.3 Å². The van der Waals surface area contributed by atoms with Crippen molar-refractivity contribution in [2.24, 2.45) is 0 Å². The lowest BCUT2D eigenvalue weighted by atomic mass is 10.2. The molecular formula is C15H20N2O2S. The standard InChI is InChI=1S/C15H20N2O2S/c1-12-11-20-15(17-12)10-19-14-5-3-13(4-6-14)9-16-7-8-18-2/h3-6,11,16H,7-10H2,1-2H3. The van der Waals surface area contributed by atoms with Gasteiger partial charge < -0.3 is 14.8 Å². The van der Waals surface area contributed by atoms with Gasteiger partial charge in [0.1, 0.15) is 17.4 Å². The fourth-order valence-electron chi connectivity index (χ4n) is 1.72. The second kappa shape index (κ2) is 7.99. The minimum absolute atomic E-state index is 0.532. The Labute approximate surface area is 123 Å².